The first kappa shape index (κ1) is 18.6. The molecule has 0 saturated carbocycles. The van der Waals surface area contributed by atoms with E-state index in [1.165, 1.54) is 0 Å². The Hall–Kier alpha value is -3.15. The molecule has 0 bridgehead atoms. The first-order chi connectivity index (χ1) is 12.7. The average Bonchev–Trinajstić information content (AvgIpc) is 2.61. The van der Waals surface area contributed by atoms with Crippen LogP contribution in [-0.4, -0.2) is 21.9 Å². The molecule has 0 fully saturated rings. The number of hydrogen-bond donors (Lipinski definition) is 2. The number of carbonyl (C=O) groups is 1. The van der Waals surface area contributed by atoms with Gasteiger partial charge in [-0.3, -0.25) is 4.79 Å². The summed E-state index contributed by atoms with van der Waals surface area (Å²) in [6, 6.07) is 14.9. The normalized spacial score (nSPS) is 12.6. The molecule has 0 aliphatic carbocycles. The van der Waals surface area contributed by atoms with Crippen LogP contribution in [0.25, 0.3) is 22.0 Å². The van der Waals surface area contributed by atoms with E-state index in [2.05, 4.69) is 15.5 Å². The van der Waals surface area contributed by atoms with Gasteiger partial charge in [0.15, 0.2) is 0 Å². The number of hydrogen-bond acceptors (Lipinski definition) is 4. The molecule has 3 aromatic rings. The van der Waals surface area contributed by atoms with Crippen molar-refractivity contribution < 1.29 is 9.53 Å². The van der Waals surface area contributed by atoms with E-state index in [0.29, 0.717) is 11.1 Å². The van der Waals surface area contributed by atoms with Crippen LogP contribution in [-0.2, 0) is 4.74 Å². The van der Waals surface area contributed by atoms with Gasteiger partial charge >= 0.3 is 6.09 Å². The number of aromatic nitrogens is 2. The van der Waals surface area contributed by atoms with Gasteiger partial charge in [0.05, 0.1) is 17.1 Å². The fraction of sp³-hybridized carbons (Fsp3) is 0.286. The number of amides is 1. The Morgan fingerprint density at radius 1 is 1.07 bits per heavy atom. The third-order valence-corrected chi connectivity index (χ3v) is 4.11. The Labute approximate surface area is 157 Å². The highest BCUT2D eigenvalue weighted by atomic mass is 16.6. The molecule has 1 amide bonds. The van der Waals surface area contributed by atoms with E-state index in [0.717, 1.165) is 16.5 Å². The second-order valence-corrected chi connectivity index (χ2v) is 7.44. The molecule has 0 aliphatic rings. The zero-order chi connectivity index (χ0) is 19.6. The molecule has 3 rings (SSSR count). The van der Waals surface area contributed by atoms with Gasteiger partial charge in [0.25, 0.3) is 5.56 Å². The first-order valence-electron chi connectivity index (χ1n) is 8.82. The molecule has 0 spiro atoms. The summed E-state index contributed by atoms with van der Waals surface area (Å²) in [5, 5.41) is 11.0. The summed E-state index contributed by atoms with van der Waals surface area (Å²) in [4.78, 5) is 23.9. The summed E-state index contributed by atoms with van der Waals surface area (Å²) in [6.07, 6.45) is -0.452. The van der Waals surface area contributed by atoms with Gasteiger partial charge in [-0.05, 0) is 39.3 Å². The van der Waals surface area contributed by atoms with E-state index < -0.39 is 11.7 Å². The number of H-pyrrole nitrogens is 1. The zero-order valence-electron chi connectivity index (χ0n) is 15.9. The van der Waals surface area contributed by atoms with Crippen molar-refractivity contribution in [2.45, 2.75) is 39.3 Å². The molecular formula is C21H23N3O3. The number of nitrogens with one attached hydrogen (secondary N) is 2. The summed E-state index contributed by atoms with van der Waals surface area (Å²) in [5.74, 6) is 0. The molecule has 2 N–H and O–H groups in total. The molecule has 6 heteroatoms. The van der Waals surface area contributed by atoms with Crippen molar-refractivity contribution in [1.29, 1.82) is 0 Å². The van der Waals surface area contributed by atoms with E-state index in [1.54, 1.807) is 6.07 Å². The van der Waals surface area contributed by atoms with Crippen molar-refractivity contribution in [2.24, 2.45) is 0 Å². The lowest BCUT2D eigenvalue weighted by Crippen LogP contribution is -2.34. The van der Waals surface area contributed by atoms with E-state index in [1.807, 2.05) is 70.2 Å². The number of rotatable bonds is 3. The molecule has 0 aliphatic heterocycles. The smallest absolute Gasteiger partial charge is 0.408 e. The van der Waals surface area contributed by atoms with Crippen LogP contribution in [0.3, 0.4) is 0 Å². The van der Waals surface area contributed by atoms with Gasteiger partial charge in [0.1, 0.15) is 5.60 Å². The SMILES string of the molecule is CC(NC(=O)OC(C)(C)C)c1ccc(-c2n[nH]c(=O)c3ccccc23)cc1. The zero-order valence-corrected chi connectivity index (χ0v) is 15.9. The second kappa shape index (κ2) is 7.23. The van der Waals surface area contributed by atoms with Gasteiger partial charge < -0.3 is 10.1 Å². The van der Waals surface area contributed by atoms with Gasteiger partial charge in [-0.1, -0.05) is 42.5 Å². The second-order valence-electron chi connectivity index (χ2n) is 7.44. The topological polar surface area (TPSA) is 84.1 Å². The van der Waals surface area contributed by atoms with Gasteiger partial charge in [-0.2, -0.15) is 5.10 Å². The van der Waals surface area contributed by atoms with Crippen molar-refractivity contribution in [1.82, 2.24) is 15.5 Å². The Bertz CT molecular complexity index is 1020. The van der Waals surface area contributed by atoms with Crippen molar-refractivity contribution in [3.63, 3.8) is 0 Å². The number of ether oxygens (including phenoxy) is 1. The number of benzene rings is 2. The molecular weight excluding hydrogens is 342 g/mol. The third-order valence-electron chi connectivity index (χ3n) is 4.11. The molecule has 2 aromatic carbocycles. The lowest BCUT2D eigenvalue weighted by Gasteiger charge is -2.22. The Morgan fingerprint density at radius 2 is 1.70 bits per heavy atom. The summed E-state index contributed by atoms with van der Waals surface area (Å²) < 4.78 is 5.29. The predicted molar refractivity (Wildman–Crippen MR) is 106 cm³/mol. The Kier molecular flexibility index (Phi) is 4.99. The number of aromatic amines is 1. The van der Waals surface area contributed by atoms with Gasteiger partial charge in [0.2, 0.25) is 0 Å². The number of fused-ring (bicyclic) bond motifs is 1. The van der Waals surface area contributed by atoms with Crippen molar-refractivity contribution in [2.75, 3.05) is 0 Å². The van der Waals surface area contributed by atoms with E-state index in [9.17, 15) is 9.59 Å². The minimum absolute atomic E-state index is 0.200. The molecule has 27 heavy (non-hydrogen) atoms. The molecule has 0 radical (unpaired) electrons. The number of nitrogens with zero attached hydrogens (tertiary/aromatic N) is 1. The lowest BCUT2D eigenvalue weighted by atomic mass is 10.0. The van der Waals surface area contributed by atoms with Crippen LogP contribution in [0.2, 0.25) is 0 Å². The van der Waals surface area contributed by atoms with Gasteiger partial charge in [0, 0.05) is 10.9 Å². The number of carbonyl (C=O) groups excluding carboxylic acids is 1. The highest BCUT2D eigenvalue weighted by Gasteiger charge is 2.18. The summed E-state index contributed by atoms with van der Waals surface area (Å²) in [5.41, 5.74) is 1.80. The molecule has 140 valence electrons. The molecule has 1 heterocycles. The largest absolute Gasteiger partial charge is 0.444 e. The fourth-order valence-corrected chi connectivity index (χ4v) is 2.83. The van der Waals surface area contributed by atoms with Crippen LogP contribution in [0.4, 0.5) is 4.79 Å². The van der Waals surface area contributed by atoms with Crippen LogP contribution >= 0.6 is 0 Å². The van der Waals surface area contributed by atoms with Crippen molar-refractivity contribution in [3.05, 3.63) is 64.4 Å². The van der Waals surface area contributed by atoms with Crippen LogP contribution in [0.1, 0.15) is 39.3 Å². The van der Waals surface area contributed by atoms with Gasteiger partial charge in [-0.25, -0.2) is 9.89 Å². The molecule has 1 atom stereocenters. The fourth-order valence-electron chi connectivity index (χ4n) is 2.83. The summed E-state index contributed by atoms with van der Waals surface area (Å²) in [7, 11) is 0. The van der Waals surface area contributed by atoms with Crippen molar-refractivity contribution >= 4 is 16.9 Å². The van der Waals surface area contributed by atoms with Crippen LogP contribution < -0.4 is 10.9 Å². The minimum atomic E-state index is -0.537. The van der Waals surface area contributed by atoms with Crippen LogP contribution in [0.15, 0.2) is 53.3 Å². The van der Waals surface area contributed by atoms with E-state index >= 15 is 0 Å². The molecule has 0 saturated heterocycles. The maximum absolute atomic E-state index is 11.9. The highest BCUT2D eigenvalue weighted by Crippen LogP contribution is 2.25. The monoisotopic (exact) mass is 365 g/mol. The number of alkyl carbamates (subject to hydrolysis) is 1. The standard InChI is InChI=1S/C21H23N3O3/c1-13(22-20(26)27-21(2,3)4)14-9-11-15(12-10-14)18-16-7-5-6-8-17(16)19(25)24-23-18/h5-13H,1-4H3,(H,22,26)(H,24,25). The molecule has 6 nitrogen and oxygen atoms in total. The molecule has 1 aromatic heterocycles. The maximum atomic E-state index is 11.9. The lowest BCUT2D eigenvalue weighted by molar-refractivity contribution is 0.0508. The van der Waals surface area contributed by atoms with E-state index in [4.69, 9.17) is 4.74 Å². The first-order valence-corrected chi connectivity index (χ1v) is 8.82. The van der Waals surface area contributed by atoms with Crippen LogP contribution in [0, 0.1) is 0 Å². The van der Waals surface area contributed by atoms with Crippen molar-refractivity contribution in [3.8, 4) is 11.3 Å². The summed E-state index contributed by atoms with van der Waals surface area (Å²) in [6.45, 7) is 7.38. The Morgan fingerprint density at radius 3 is 2.33 bits per heavy atom. The third kappa shape index (κ3) is 4.34. The maximum Gasteiger partial charge on any atom is 0.408 e. The quantitative estimate of drug-likeness (QED) is 0.729. The minimum Gasteiger partial charge on any atom is -0.444 e. The average molecular weight is 365 g/mol. The Balaban J connectivity index is 1.83. The van der Waals surface area contributed by atoms with E-state index in [-0.39, 0.29) is 11.6 Å². The van der Waals surface area contributed by atoms with Crippen LogP contribution in [0.5, 0.6) is 0 Å². The predicted octanol–water partition coefficient (Wildman–Crippen LogP) is 4.18. The molecule has 1 unspecified atom stereocenters. The summed E-state index contributed by atoms with van der Waals surface area (Å²) >= 11 is 0. The van der Waals surface area contributed by atoms with Gasteiger partial charge in [-0.15, -0.1) is 0 Å². The highest BCUT2D eigenvalue weighted by molar-refractivity contribution is 5.93.